The first kappa shape index (κ1) is 10.6. The van der Waals surface area contributed by atoms with Crippen LogP contribution < -0.4 is 14.9 Å². The molecule has 0 fully saturated rings. The van der Waals surface area contributed by atoms with Crippen LogP contribution in [0.3, 0.4) is 0 Å². The molecular weight excluding hydrogens is 202 g/mol. The Balaban J connectivity index is 2.31. The zero-order valence-corrected chi connectivity index (χ0v) is 9.88. The molecule has 0 radical (unpaired) electrons. The van der Waals surface area contributed by atoms with Gasteiger partial charge in [0.2, 0.25) is 12.1 Å². The van der Waals surface area contributed by atoms with Crippen molar-refractivity contribution in [2.24, 2.45) is 14.1 Å². The molecule has 0 saturated carbocycles. The number of rotatable bonds is 2. The second kappa shape index (κ2) is 3.92. The first-order valence-corrected chi connectivity index (χ1v) is 5.19. The largest absolute Gasteiger partial charge is 0.362 e. The third-order valence-corrected chi connectivity index (χ3v) is 2.65. The number of nitrogens with zero attached hydrogens (tertiary/aromatic N) is 4. The third kappa shape index (κ3) is 2.03. The van der Waals surface area contributed by atoms with Gasteiger partial charge < -0.3 is 5.73 Å². The molecule has 5 heteroatoms. The van der Waals surface area contributed by atoms with Crippen molar-refractivity contribution < 1.29 is 9.13 Å². The summed E-state index contributed by atoms with van der Waals surface area (Å²) in [7, 11) is 3.97. The van der Waals surface area contributed by atoms with Gasteiger partial charge in [0, 0.05) is 6.92 Å². The lowest BCUT2D eigenvalue weighted by Gasteiger charge is -2.00. The van der Waals surface area contributed by atoms with E-state index in [2.05, 4.69) is 9.55 Å². The molecule has 0 atom stereocenters. The smallest absolute Gasteiger partial charge is 0.297 e. The van der Waals surface area contributed by atoms with Crippen LogP contribution in [0.2, 0.25) is 0 Å². The molecule has 2 aromatic rings. The predicted molar refractivity (Wildman–Crippen MR) is 59.3 cm³/mol. The minimum absolute atomic E-state index is 0.604. The lowest BCUT2D eigenvalue weighted by Crippen LogP contribution is -2.34. The fourth-order valence-electron chi connectivity index (χ4n) is 1.63. The van der Waals surface area contributed by atoms with Gasteiger partial charge in [-0.3, -0.25) is 0 Å². The molecule has 2 N–H and O–H groups in total. The first-order valence-electron chi connectivity index (χ1n) is 5.19. The summed E-state index contributed by atoms with van der Waals surface area (Å²) in [6.07, 6.45) is 8.05. The Morgan fingerprint density at radius 2 is 2.19 bits per heavy atom. The number of hydrogen-bond donors (Lipinski definition) is 1. The second-order valence-electron chi connectivity index (χ2n) is 4.06. The van der Waals surface area contributed by atoms with Gasteiger partial charge in [-0.1, -0.05) is 0 Å². The van der Waals surface area contributed by atoms with Gasteiger partial charge in [0.05, 0.1) is 14.1 Å². The van der Waals surface area contributed by atoms with Gasteiger partial charge >= 0.3 is 0 Å². The molecule has 0 bridgehead atoms. The monoisotopic (exact) mass is 219 g/mol. The molecular formula is C11H17N5+2. The minimum atomic E-state index is 0.604. The summed E-state index contributed by atoms with van der Waals surface area (Å²) >= 11 is 0. The van der Waals surface area contributed by atoms with Crippen LogP contribution >= 0.6 is 0 Å². The Morgan fingerprint density at radius 1 is 1.44 bits per heavy atom. The number of anilines is 1. The molecule has 84 valence electrons. The van der Waals surface area contributed by atoms with Crippen molar-refractivity contribution in [1.29, 1.82) is 0 Å². The van der Waals surface area contributed by atoms with E-state index in [1.165, 1.54) is 0 Å². The number of hydrogen-bond acceptors (Lipinski definition) is 2. The molecule has 0 aliphatic carbocycles. The molecule has 0 aromatic carbocycles. The Hall–Kier alpha value is -1.91. The van der Waals surface area contributed by atoms with E-state index in [-0.39, 0.29) is 0 Å². The van der Waals surface area contributed by atoms with Crippen molar-refractivity contribution in [3.05, 3.63) is 36.3 Å². The van der Waals surface area contributed by atoms with Crippen molar-refractivity contribution >= 4 is 5.82 Å². The molecule has 2 heterocycles. The summed E-state index contributed by atoms with van der Waals surface area (Å²) in [5.74, 6) is 1.52. The molecule has 2 rings (SSSR count). The number of aromatic nitrogens is 4. The van der Waals surface area contributed by atoms with E-state index >= 15 is 0 Å². The number of nitrogens with two attached hydrogens (primary N) is 1. The van der Waals surface area contributed by atoms with Gasteiger partial charge in [-0.15, -0.1) is 0 Å². The van der Waals surface area contributed by atoms with Gasteiger partial charge in [-0.2, -0.15) is 0 Å². The van der Waals surface area contributed by atoms with Crippen LogP contribution in [0.1, 0.15) is 11.4 Å². The maximum Gasteiger partial charge on any atom is 0.297 e. The highest BCUT2D eigenvalue weighted by atomic mass is 15.1. The van der Waals surface area contributed by atoms with Crippen LogP contribution in [0, 0.1) is 6.92 Å². The second-order valence-corrected chi connectivity index (χ2v) is 4.06. The Labute approximate surface area is 94.8 Å². The van der Waals surface area contributed by atoms with Crippen LogP contribution in [0.4, 0.5) is 5.82 Å². The highest BCUT2D eigenvalue weighted by Crippen LogP contribution is 2.07. The molecule has 0 spiro atoms. The van der Waals surface area contributed by atoms with Crippen molar-refractivity contribution in [3.63, 3.8) is 0 Å². The summed E-state index contributed by atoms with van der Waals surface area (Å²) < 4.78 is 6.05. The lowest BCUT2D eigenvalue weighted by atomic mass is 10.3. The molecule has 0 saturated heterocycles. The van der Waals surface area contributed by atoms with E-state index in [1.54, 1.807) is 0 Å². The molecule has 16 heavy (non-hydrogen) atoms. The summed E-state index contributed by atoms with van der Waals surface area (Å²) in [5.41, 5.74) is 6.93. The van der Waals surface area contributed by atoms with E-state index < -0.39 is 0 Å². The zero-order chi connectivity index (χ0) is 11.7. The molecule has 0 aliphatic heterocycles. The van der Waals surface area contributed by atoms with Crippen LogP contribution in [0.5, 0.6) is 0 Å². The topological polar surface area (TPSA) is 51.6 Å². The third-order valence-electron chi connectivity index (χ3n) is 2.65. The van der Waals surface area contributed by atoms with E-state index in [1.807, 2.05) is 55.1 Å². The average Bonchev–Trinajstić information content (AvgIpc) is 2.60. The minimum Gasteiger partial charge on any atom is -0.362 e. The fraction of sp³-hybridized carbons (Fsp3) is 0.364. The van der Waals surface area contributed by atoms with Crippen LogP contribution in [0.15, 0.2) is 24.9 Å². The SMILES string of the molecule is Cc1nc(N)c(Cn2cc[n+](C)c2)c[n+]1C. The Kier molecular flexibility index (Phi) is 2.60. The van der Waals surface area contributed by atoms with E-state index in [9.17, 15) is 0 Å². The lowest BCUT2D eigenvalue weighted by molar-refractivity contribution is -0.681. The van der Waals surface area contributed by atoms with Gasteiger partial charge in [-0.25, -0.2) is 13.7 Å². The average molecular weight is 219 g/mol. The van der Waals surface area contributed by atoms with Crippen LogP contribution in [0.25, 0.3) is 0 Å². The van der Waals surface area contributed by atoms with Gasteiger partial charge in [0.25, 0.3) is 5.82 Å². The number of imidazole rings is 1. The number of aryl methyl sites for hydroxylation is 3. The highest BCUT2D eigenvalue weighted by molar-refractivity contribution is 5.36. The van der Waals surface area contributed by atoms with Crippen molar-refractivity contribution in [1.82, 2.24) is 9.55 Å². The summed E-state index contributed by atoms with van der Waals surface area (Å²) in [6, 6.07) is 0. The highest BCUT2D eigenvalue weighted by Gasteiger charge is 2.14. The maximum atomic E-state index is 5.90. The molecule has 0 amide bonds. The Bertz CT molecular complexity index is 515. The maximum absolute atomic E-state index is 5.90. The van der Waals surface area contributed by atoms with Crippen LogP contribution in [-0.4, -0.2) is 9.55 Å². The summed E-state index contributed by atoms with van der Waals surface area (Å²) in [4.78, 5) is 4.30. The molecule has 0 unspecified atom stereocenters. The van der Waals surface area contributed by atoms with E-state index in [4.69, 9.17) is 5.73 Å². The van der Waals surface area contributed by atoms with Crippen molar-refractivity contribution in [2.45, 2.75) is 13.5 Å². The van der Waals surface area contributed by atoms with E-state index in [0.29, 0.717) is 5.82 Å². The number of nitrogen functional groups attached to an aromatic ring is 1. The Morgan fingerprint density at radius 3 is 2.81 bits per heavy atom. The van der Waals surface area contributed by atoms with E-state index in [0.717, 1.165) is 17.9 Å². The normalized spacial score (nSPS) is 10.7. The molecule has 0 aliphatic rings. The van der Waals surface area contributed by atoms with Crippen LogP contribution in [-0.2, 0) is 20.6 Å². The quantitative estimate of drug-likeness (QED) is 0.690. The fourth-order valence-corrected chi connectivity index (χ4v) is 1.63. The summed E-state index contributed by atoms with van der Waals surface area (Å²) in [5, 5.41) is 0. The van der Waals surface area contributed by atoms with Crippen molar-refractivity contribution in [3.8, 4) is 0 Å². The van der Waals surface area contributed by atoms with Crippen molar-refractivity contribution in [2.75, 3.05) is 5.73 Å². The van der Waals surface area contributed by atoms with Gasteiger partial charge in [0.1, 0.15) is 30.7 Å². The molecule has 5 nitrogen and oxygen atoms in total. The first-order chi connectivity index (χ1) is 7.56. The standard InChI is InChI=1S/C11H16N5/c1-9-13-11(12)10(6-15(9)3)7-16-5-4-14(2)8-16/h4-6,8,12H,7H2,1-3H3/q+1/p+1. The summed E-state index contributed by atoms with van der Waals surface area (Å²) in [6.45, 7) is 2.68. The molecule has 2 aromatic heterocycles. The van der Waals surface area contributed by atoms with Gasteiger partial charge in [0.15, 0.2) is 0 Å². The van der Waals surface area contributed by atoms with Gasteiger partial charge in [-0.05, 0) is 4.98 Å². The zero-order valence-electron chi connectivity index (χ0n) is 9.88. The predicted octanol–water partition coefficient (Wildman–Crippen LogP) is -0.529.